The molecule has 0 aromatic rings. The zero-order valence-corrected chi connectivity index (χ0v) is 18.1. The van der Waals surface area contributed by atoms with Crippen molar-refractivity contribution in [2.24, 2.45) is 5.41 Å². The van der Waals surface area contributed by atoms with Crippen LogP contribution in [0.3, 0.4) is 0 Å². The molecule has 0 aliphatic heterocycles. The van der Waals surface area contributed by atoms with Crippen LogP contribution in [0.4, 0.5) is 0 Å². The molecule has 0 aliphatic carbocycles. The van der Waals surface area contributed by atoms with Crippen molar-refractivity contribution in [2.75, 3.05) is 26.9 Å². The van der Waals surface area contributed by atoms with Crippen LogP contribution in [0.25, 0.3) is 0 Å². The van der Waals surface area contributed by atoms with E-state index in [4.69, 9.17) is 30.6 Å². The van der Waals surface area contributed by atoms with Gasteiger partial charge in [-0.05, 0) is 13.3 Å². The van der Waals surface area contributed by atoms with Crippen molar-refractivity contribution in [3.05, 3.63) is 50.1 Å². The number of methoxy groups -OCH3 is 1. The molecule has 0 rings (SSSR count). The van der Waals surface area contributed by atoms with Gasteiger partial charge in [-0.15, -0.1) is 0 Å². The number of carbonyl (C=O) groups is 4. The second-order valence-electron chi connectivity index (χ2n) is 5.23. The standard InChI is InChI=1S/C6H14O3.C5H8O2.3C3H4O2/c1-2-6(3-7,4-8)5-9;1-4(2)5(6)7-3;3*1-2-3(4)5/h7-9H,2-5H2,1H3;1H2,2-3H3;3*2H,1H2,(H,4,5). The Morgan fingerprint density at radius 1 is 0.806 bits per heavy atom. The lowest BCUT2D eigenvalue weighted by Crippen LogP contribution is -2.32. The lowest BCUT2D eigenvalue weighted by molar-refractivity contribution is -0.136. The maximum Gasteiger partial charge on any atom is 0.332 e. The van der Waals surface area contributed by atoms with Crippen molar-refractivity contribution in [1.29, 1.82) is 0 Å². The molecule has 0 bridgehead atoms. The normalized spacial score (nSPS) is 8.32. The molecular weight excluding hydrogens is 416 g/mol. The predicted molar refractivity (Wildman–Crippen MR) is 114 cm³/mol. The van der Waals surface area contributed by atoms with E-state index in [0.717, 1.165) is 18.2 Å². The molecule has 0 aliphatic rings. The van der Waals surface area contributed by atoms with Crippen LogP contribution in [0.15, 0.2) is 50.1 Å². The molecule has 0 amide bonds. The summed E-state index contributed by atoms with van der Waals surface area (Å²) in [5.41, 5.74) is -0.234. The van der Waals surface area contributed by atoms with Gasteiger partial charge in [0.25, 0.3) is 0 Å². The topological polar surface area (TPSA) is 199 Å². The first-order valence-corrected chi connectivity index (χ1v) is 8.36. The molecule has 0 saturated heterocycles. The minimum absolute atomic E-state index is 0.156. The van der Waals surface area contributed by atoms with E-state index < -0.39 is 23.3 Å². The van der Waals surface area contributed by atoms with Gasteiger partial charge in [-0.25, -0.2) is 19.2 Å². The summed E-state index contributed by atoms with van der Waals surface area (Å²) in [5.74, 6) is -3.29. The van der Waals surface area contributed by atoms with E-state index in [0.29, 0.717) is 12.0 Å². The summed E-state index contributed by atoms with van der Waals surface area (Å²) in [6.07, 6.45) is 3.09. The van der Waals surface area contributed by atoms with Gasteiger partial charge in [0.2, 0.25) is 0 Å². The van der Waals surface area contributed by atoms with Gasteiger partial charge < -0.3 is 35.4 Å². The molecule has 0 spiro atoms. The molecule has 0 saturated carbocycles. The van der Waals surface area contributed by atoms with Gasteiger partial charge in [0.1, 0.15) is 0 Å². The number of hydrogen-bond acceptors (Lipinski definition) is 8. The summed E-state index contributed by atoms with van der Waals surface area (Å²) in [6.45, 7) is 15.2. The fourth-order valence-corrected chi connectivity index (χ4v) is 0.660. The molecule has 11 heteroatoms. The average molecular weight is 450 g/mol. The third-order valence-corrected chi connectivity index (χ3v) is 2.81. The van der Waals surface area contributed by atoms with Crippen molar-refractivity contribution >= 4 is 23.9 Å². The Kier molecular flexibility index (Phi) is 33.0. The van der Waals surface area contributed by atoms with Crippen molar-refractivity contribution in [2.45, 2.75) is 20.3 Å². The number of aliphatic hydroxyl groups excluding tert-OH is 3. The minimum atomic E-state index is -0.981. The zero-order valence-electron chi connectivity index (χ0n) is 18.1. The number of carboxylic acids is 3. The zero-order chi connectivity index (χ0) is 26.0. The summed E-state index contributed by atoms with van der Waals surface area (Å²) in [7, 11) is 1.33. The van der Waals surface area contributed by atoms with Gasteiger partial charge >= 0.3 is 23.9 Å². The van der Waals surface area contributed by atoms with E-state index in [2.05, 4.69) is 31.1 Å². The van der Waals surface area contributed by atoms with Crippen LogP contribution in [-0.4, -0.2) is 81.4 Å². The van der Waals surface area contributed by atoms with Crippen molar-refractivity contribution in [3.8, 4) is 0 Å². The largest absolute Gasteiger partial charge is 0.478 e. The third-order valence-electron chi connectivity index (χ3n) is 2.81. The lowest BCUT2D eigenvalue weighted by atomic mass is 9.88. The van der Waals surface area contributed by atoms with E-state index in [1.54, 1.807) is 6.92 Å². The van der Waals surface area contributed by atoms with E-state index >= 15 is 0 Å². The average Bonchev–Trinajstić information content (AvgIpc) is 2.76. The Bertz CT molecular complexity index is 501. The molecule has 0 unspecified atom stereocenters. The van der Waals surface area contributed by atoms with Crippen molar-refractivity contribution in [3.63, 3.8) is 0 Å². The number of hydrogen-bond donors (Lipinski definition) is 6. The van der Waals surface area contributed by atoms with Crippen LogP contribution in [0, 0.1) is 5.41 Å². The first-order valence-electron chi connectivity index (χ1n) is 8.36. The van der Waals surface area contributed by atoms with Gasteiger partial charge in [-0.2, -0.15) is 0 Å². The molecule has 0 aromatic heterocycles. The molecule has 31 heavy (non-hydrogen) atoms. The molecule has 11 nitrogen and oxygen atoms in total. The fourth-order valence-electron chi connectivity index (χ4n) is 0.660. The maximum atomic E-state index is 10.2. The summed E-state index contributed by atoms with van der Waals surface area (Å²) in [6, 6.07) is 0. The van der Waals surface area contributed by atoms with Crippen molar-refractivity contribution < 1.29 is 54.6 Å². The van der Waals surface area contributed by atoms with Crippen molar-refractivity contribution in [1.82, 2.24) is 0 Å². The van der Waals surface area contributed by atoms with E-state index in [1.165, 1.54) is 7.11 Å². The molecular formula is C20H34O11. The fraction of sp³-hybridized carbons (Fsp3) is 0.400. The van der Waals surface area contributed by atoms with E-state index in [-0.39, 0.29) is 25.8 Å². The van der Waals surface area contributed by atoms with E-state index in [9.17, 15) is 19.2 Å². The van der Waals surface area contributed by atoms with Crippen LogP contribution in [0.2, 0.25) is 0 Å². The van der Waals surface area contributed by atoms with Crippen LogP contribution < -0.4 is 0 Å². The van der Waals surface area contributed by atoms with Gasteiger partial charge in [0.05, 0.1) is 26.9 Å². The number of rotatable bonds is 8. The lowest BCUT2D eigenvalue weighted by Gasteiger charge is -2.24. The Morgan fingerprint density at radius 2 is 1.03 bits per heavy atom. The summed E-state index contributed by atoms with van der Waals surface area (Å²) in [5, 5.41) is 48.8. The third kappa shape index (κ3) is 38.0. The van der Waals surface area contributed by atoms with E-state index in [1.807, 2.05) is 6.92 Å². The highest BCUT2D eigenvalue weighted by atomic mass is 16.5. The molecule has 180 valence electrons. The summed E-state index contributed by atoms with van der Waals surface area (Å²) >= 11 is 0. The Hall–Kier alpha value is -3.28. The highest BCUT2D eigenvalue weighted by molar-refractivity contribution is 5.86. The smallest absolute Gasteiger partial charge is 0.332 e. The molecule has 0 aromatic carbocycles. The molecule has 0 atom stereocenters. The molecule has 0 radical (unpaired) electrons. The van der Waals surface area contributed by atoms with Gasteiger partial charge in [-0.3, -0.25) is 0 Å². The number of ether oxygens (including phenoxy) is 1. The number of carboxylic acid groups (broad SMARTS) is 3. The summed E-state index contributed by atoms with van der Waals surface area (Å²) in [4.78, 5) is 37.9. The second-order valence-corrected chi connectivity index (χ2v) is 5.23. The monoisotopic (exact) mass is 450 g/mol. The Morgan fingerprint density at radius 3 is 1.03 bits per heavy atom. The van der Waals surface area contributed by atoms with Crippen LogP contribution in [0.1, 0.15) is 20.3 Å². The maximum absolute atomic E-state index is 10.2. The minimum Gasteiger partial charge on any atom is -0.478 e. The molecule has 0 heterocycles. The highest BCUT2D eigenvalue weighted by Crippen LogP contribution is 2.18. The van der Waals surface area contributed by atoms with Crippen LogP contribution in [0.5, 0.6) is 0 Å². The van der Waals surface area contributed by atoms with Gasteiger partial charge in [0.15, 0.2) is 0 Å². The second kappa shape index (κ2) is 26.7. The van der Waals surface area contributed by atoms with Crippen LogP contribution >= 0.6 is 0 Å². The molecule has 6 N–H and O–H groups in total. The van der Waals surface area contributed by atoms with Crippen LogP contribution in [-0.2, 0) is 23.9 Å². The summed E-state index contributed by atoms with van der Waals surface area (Å²) < 4.78 is 4.27. The quantitative estimate of drug-likeness (QED) is 0.226. The predicted octanol–water partition coefficient (Wildman–Crippen LogP) is 0.866. The molecule has 0 fully saturated rings. The first-order chi connectivity index (χ1) is 14.2. The Labute approximate surface area is 181 Å². The Balaban J connectivity index is -0.0000000932. The van der Waals surface area contributed by atoms with Gasteiger partial charge in [0, 0.05) is 29.2 Å². The number of aliphatic hydroxyl groups is 3. The SMILES string of the molecule is C=C(C)C(=O)OC.C=CC(=O)O.C=CC(=O)O.C=CC(=O)O.CCC(CO)(CO)CO. The number of aliphatic carboxylic acids is 3. The van der Waals surface area contributed by atoms with Gasteiger partial charge in [-0.1, -0.05) is 33.2 Å². The number of carbonyl (C=O) groups excluding carboxylic acids is 1. The first kappa shape index (κ1) is 38.3. The number of esters is 1. The highest BCUT2D eigenvalue weighted by Gasteiger charge is 2.24.